The Labute approximate surface area is 138 Å². The number of rotatable bonds is 2. The van der Waals surface area contributed by atoms with Crippen molar-refractivity contribution in [3.05, 3.63) is 69.6 Å². The van der Waals surface area contributed by atoms with Crippen LogP contribution in [0.4, 0.5) is 5.69 Å². The fourth-order valence-corrected chi connectivity index (χ4v) is 2.90. The lowest BCUT2D eigenvalue weighted by atomic mass is 10.1. The lowest BCUT2D eigenvalue weighted by Gasteiger charge is -1.96. The first-order chi connectivity index (χ1) is 10.6. The Hall–Kier alpha value is -2.04. The predicted molar refractivity (Wildman–Crippen MR) is 93.4 cm³/mol. The molecule has 0 bridgehead atoms. The summed E-state index contributed by atoms with van der Waals surface area (Å²) in [5.74, 6) is -0.127. The number of hydrogen-bond donors (Lipinski definition) is 1. The second kappa shape index (κ2) is 6.38. The molecule has 1 saturated heterocycles. The molecule has 1 heterocycles. The summed E-state index contributed by atoms with van der Waals surface area (Å²) in [7, 11) is 0. The highest BCUT2D eigenvalue weighted by atomic mass is 35.5. The van der Waals surface area contributed by atoms with E-state index in [1.54, 1.807) is 12.1 Å². The van der Waals surface area contributed by atoms with Crippen LogP contribution < -0.4 is 5.32 Å². The highest BCUT2D eigenvalue weighted by molar-refractivity contribution is 8.18. The van der Waals surface area contributed by atoms with Crippen LogP contribution in [0, 0.1) is 6.92 Å². The second-order valence-electron chi connectivity index (χ2n) is 4.87. The summed E-state index contributed by atoms with van der Waals surface area (Å²) in [5.41, 5.74) is 2.94. The van der Waals surface area contributed by atoms with E-state index in [1.165, 1.54) is 17.3 Å². The van der Waals surface area contributed by atoms with Gasteiger partial charge in [0, 0.05) is 5.02 Å². The summed E-state index contributed by atoms with van der Waals surface area (Å²) >= 11 is 7.18. The molecule has 0 aliphatic carbocycles. The van der Waals surface area contributed by atoms with E-state index in [9.17, 15) is 4.79 Å². The number of benzene rings is 2. The lowest BCUT2D eigenvalue weighted by Crippen LogP contribution is -2.19. The van der Waals surface area contributed by atoms with Crippen LogP contribution in [0.15, 0.2) is 58.4 Å². The van der Waals surface area contributed by atoms with Gasteiger partial charge in [-0.2, -0.15) is 0 Å². The Morgan fingerprint density at radius 3 is 2.45 bits per heavy atom. The van der Waals surface area contributed by atoms with Gasteiger partial charge in [-0.1, -0.05) is 41.4 Å². The van der Waals surface area contributed by atoms with Crippen LogP contribution in [0.1, 0.15) is 11.1 Å². The quantitative estimate of drug-likeness (QED) is 0.822. The molecule has 0 aromatic heterocycles. The molecular weight excluding hydrogens is 316 g/mol. The van der Waals surface area contributed by atoms with Crippen LogP contribution >= 0.6 is 23.4 Å². The van der Waals surface area contributed by atoms with E-state index < -0.39 is 0 Å². The minimum Gasteiger partial charge on any atom is -0.300 e. The Morgan fingerprint density at radius 2 is 1.77 bits per heavy atom. The molecule has 22 heavy (non-hydrogen) atoms. The van der Waals surface area contributed by atoms with E-state index >= 15 is 0 Å². The van der Waals surface area contributed by atoms with Crippen LogP contribution in [0.5, 0.6) is 0 Å². The molecule has 2 aromatic rings. The van der Waals surface area contributed by atoms with Crippen molar-refractivity contribution in [2.24, 2.45) is 4.99 Å². The second-order valence-corrected chi connectivity index (χ2v) is 6.34. The minimum atomic E-state index is -0.127. The summed E-state index contributed by atoms with van der Waals surface area (Å²) in [6.45, 7) is 2.03. The average Bonchev–Trinajstić information content (AvgIpc) is 2.84. The Morgan fingerprint density at radius 1 is 1.09 bits per heavy atom. The number of amidine groups is 1. The molecule has 0 atom stereocenters. The molecule has 1 aliphatic heterocycles. The third-order valence-electron chi connectivity index (χ3n) is 3.08. The number of nitrogens with one attached hydrogen (secondary N) is 1. The van der Waals surface area contributed by atoms with Crippen LogP contribution in [-0.2, 0) is 4.79 Å². The molecule has 1 N–H and O–H groups in total. The van der Waals surface area contributed by atoms with Gasteiger partial charge in [-0.05, 0) is 54.6 Å². The maximum absolute atomic E-state index is 12.0. The molecular formula is C17H13ClN2OS. The SMILES string of the molecule is Cc1ccc(/C=C2/SC(=Nc3ccc(Cl)cc3)NC2=O)cc1. The van der Waals surface area contributed by atoms with E-state index in [4.69, 9.17) is 11.6 Å². The monoisotopic (exact) mass is 328 g/mol. The summed E-state index contributed by atoms with van der Waals surface area (Å²) in [5, 5.41) is 4.01. The van der Waals surface area contributed by atoms with E-state index in [2.05, 4.69) is 10.3 Å². The molecule has 110 valence electrons. The normalized spacial score (nSPS) is 18.0. The summed E-state index contributed by atoms with van der Waals surface area (Å²) in [6, 6.07) is 15.2. The first-order valence-corrected chi connectivity index (χ1v) is 7.91. The molecule has 3 rings (SSSR count). The number of aryl methyl sites for hydroxylation is 1. The van der Waals surface area contributed by atoms with Gasteiger partial charge < -0.3 is 5.32 Å². The van der Waals surface area contributed by atoms with Gasteiger partial charge in [0.15, 0.2) is 5.17 Å². The standard InChI is InChI=1S/C17H13ClN2OS/c1-11-2-4-12(5-3-11)10-15-16(21)20-17(22-15)19-14-8-6-13(18)7-9-14/h2-10H,1H3,(H,19,20,21)/b15-10+. The Bertz CT molecular complexity index is 764. The van der Waals surface area contributed by atoms with Crippen molar-refractivity contribution >= 4 is 46.2 Å². The number of thioether (sulfide) groups is 1. The highest BCUT2D eigenvalue weighted by Crippen LogP contribution is 2.28. The first kappa shape index (κ1) is 14.9. The number of carbonyl (C=O) groups is 1. The van der Waals surface area contributed by atoms with Gasteiger partial charge in [0.05, 0.1) is 10.6 Å². The Balaban J connectivity index is 1.80. The van der Waals surface area contributed by atoms with Crippen LogP contribution in [0.25, 0.3) is 6.08 Å². The Kier molecular flexibility index (Phi) is 4.32. The molecule has 0 spiro atoms. The molecule has 2 aromatic carbocycles. The first-order valence-electron chi connectivity index (χ1n) is 6.72. The highest BCUT2D eigenvalue weighted by Gasteiger charge is 2.23. The van der Waals surface area contributed by atoms with E-state index in [0.29, 0.717) is 15.1 Å². The fourth-order valence-electron chi connectivity index (χ4n) is 1.93. The zero-order valence-electron chi connectivity index (χ0n) is 11.8. The molecule has 0 radical (unpaired) electrons. The molecule has 1 amide bonds. The van der Waals surface area contributed by atoms with E-state index in [1.807, 2.05) is 49.4 Å². The molecule has 0 saturated carbocycles. The number of hydrogen-bond acceptors (Lipinski definition) is 3. The van der Waals surface area contributed by atoms with Crippen molar-refractivity contribution in [2.45, 2.75) is 6.92 Å². The van der Waals surface area contributed by atoms with Crippen molar-refractivity contribution in [2.75, 3.05) is 0 Å². The van der Waals surface area contributed by atoms with Gasteiger partial charge in [0.2, 0.25) is 0 Å². The maximum Gasteiger partial charge on any atom is 0.264 e. The number of amides is 1. The predicted octanol–water partition coefficient (Wildman–Crippen LogP) is 4.54. The molecule has 1 fully saturated rings. The van der Waals surface area contributed by atoms with Gasteiger partial charge >= 0.3 is 0 Å². The lowest BCUT2D eigenvalue weighted by molar-refractivity contribution is -0.115. The van der Waals surface area contributed by atoms with Crippen molar-refractivity contribution < 1.29 is 4.79 Å². The molecule has 5 heteroatoms. The van der Waals surface area contributed by atoms with Gasteiger partial charge in [-0.3, -0.25) is 4.79 Å². The smallest absolute Gasteiger partial charge is 0.264 e. The van der Waals surface area contributed by atoms with Gasteiger partial charge in [-0.15, -0.1) is 0 Å². The third-order valence-corrected chi connectivity index (χ3v) is 4.25. The largest absolute Gasteiger partial charge is 0.300 e. The number of nitrogens with zero attached hydrogens (tertiary/aromatic N) is 1. The van der Waals surface area contributed by atoms with Crippen molar-refractivity contribution in [3.63, 3.8) is 0 Å². The summed E-state index contributed by atoms with van der Waals surface area (Å²) in [4.78, 5) is 17.0. The van der Waals surface area contributed by atoms with E-state index in [-0.39, 0.29) is 5.91 Å². The minimum absolute atomic E-state index is 0.127. The summed E-state index contributed by atoms with van der Waals surface area (Å²) < 4.78 is 0. The van der Waals surface area contributed by atoms with Gasteiger partial charge in [0.1, 0.15) is 0 Å². The average molecular weight is 329 g/mol. The molecule has 3 nitrogen and oxygen atoms in total. The van der Waals surface area contributed by atoms with Gasteiger partial charge in [0.25, 0.3) is 5.91 Å². The molecule has 1 aliphatic rings. The maximum atomic E-state index is 12.0. The van der Waals surface area contributed by atoms with Crippen LogP contribution in [-0.4, -0.2) is 11.1 Å². The van der Waals surface area contributed by atoms with Gasteiger partial charge in [-0.25, -0.2) is 4.99 Å². The molecule has 0 unspecified atom stereocenters. The zero-order chi connectivity index (χ0) is 15.5. The van der Waals surface area contributed by atoms with Crippen molar-refractivity contribution in [1.82, 2.24) is 5.32 Å². The third kappa shape index (κ3) is 3.59. The number of halogens is 1. The van der Waals surface area contributed by atoms with Crippen molar-refractivity contribution in [1.29, 1.82) is 0 Å². The van der Waals surface area contributed by atoms with Crippen molar-refractivity contribution in [3.8, 4) is 0 Å². The number of carbonyl (C=O) groups excluding carboxylic acids is 1. The topological polar surface area (TPSA) is 41.5 Å². The fraction of sp³-hybridized carbons (Fsp3) is 0.0588. The summed E-state index contributed by atoms with van der Waals surface area (Å²) in [6.07, 6.45) is 1.86. The number of aliphatic imine (C=N–C) groups is 1. The zero-order valence-corrected chi connectivity index (χ0v) is 13.4. The van der Waals surface area contributed by atoms with Crippen LogP contribution in [0.2, 0.25) is 5.02 Å². The van der Waals surface area contributed by atoms with Crippen LogP contribution in [0.3, 0.4) is 0 Å². The van der Waals surface area contributed by atoms with E-state index in [0.717, 1.165) is 11.3 Å².